The van der Waals surface area contributed by atoms with Gasteiger partial charge in [0.2, 0.25) is 0 Å². The fourth-order valence-corrected chi connectivity index (χ4v) is 3.18. The number of hydrogen-bond donors (Lipinski definition) is 1. The Balaban J connectivity index is 1.44. The summed E-state index contributed by atoms with van der Waals surface area (Å²) in [7, 11) is 0. The largest absolute Gasteiger partial charge is 0.354 e. The van der Waals surface area contributed by atoms with E-state index in [9.17, 15) is 4.79 Å². The summed E-state index contributed by atoms with van der Waals surface area (Å²) >= 11 is 0. The van der Waals surface area contributed by atoms with E-state index in [1.54, 1.807) is 18.5 Å². The first kappa shape index (κ1) is 19.4. The number of carbonyl (C=O) groups is 1. The molecule has 7 heteroatoms. The Morgan fingerprint density at radius 3 is 2.67 bits per heavy atom. The van der Waals surface area contributed by atoms with Gasteiger partial charge in [-0.05, 0) is 56.2 Å². The van der Waals surface area contributed by atoms with E-state index >= 15 is 0 Å². The van der Waals surface area contributed by atoms with E-state index in [0.717, 1.165) is 33.8 Å². The molecular weight excluding hydrogens is 378 g/mol. The molecule has 150 valence electrons. The van der Waals surface area contributed by atoms with Crippen molar-refractivity contribution in [2.45, 2.75) is 27.3 Å². The van der Waals surface area contributed by atoms with Crippen molar-refractivity contribution in [1.82, 2.24) is 25.4 Å². The van der Waals surface area contributed by atoms with Crippen LogP contribution in [0.2, 0.25) is 0 Å². The summed E-state index contributed by atoms with van der Waals surface area (Å²) in [5.74, 6) is 0.141. The first-order valence-corrected chi connectivity index (χ1v) is 9.57. The van der Waals surface area contributed by atoms with Gasteiger partial charge in [-0.2, -0.15) is 0 Å². The van der Waals surface area contributed by atoms with Crippen molar-refractivity contribution in [2.75, 3.05) is 0 Å². The van der Waals surface area contributed by atoms with Crippen LogP contribution in [-0.4, -0.2) is 26.0 Å². The van der Waals surface area contributed by atoms with Crippen LogP contribution in [0.5, 0.6) is 0 Å². The quantitative estimate of drug-likeness (QED) is 0.544. The summed E-state index contributed by atoms with van der Waals surface area (Å²) in [4.78, 5) is 25.6. The van der Waals surface area contributed by atoms with Crippen LogP contribution in [0.3, 0.4) is 0 Å². The first-order valence-electron chi connectivity index (χ1n) is 9.57. The molecular formula is C23H21N5O2. The molecule has 0 aliphatic heterocycles. The lowest BCUT2D eigenvalue weighted by atomic mass is 10.1. The third-order valence-corrected chi connectivity index (χ3v) is 4.64. The summed E-state index contributed by atoms with van der Waals surface area (Å²) in [6.45, 7) is 6.19. The maximum atomic E-state index is 12.5. The zero-order chi connectivity index (χ0) is 21.1. The monoisotopic (exact) mass is 399 g/mol. The van der Waals surface area contributed by atoms with Gasteiger partial charge in [0.1, 0.15) is 5.69 Å². The van der Waals surface area contributed by atoms with Crippen LogP contribution in [0.1, 0.15) is 33.0 Å². The predicted molar refractivity (Wildman–Crippen MR) is 113 cm³/mol. The van der Waals surface area contributed by atoms with Gasteiger partial charge in [-0.1, -0.05) is 17.3 Å². The second-order valence-electron chi connectivity index (χ2n) is 7.12. The van der Waals surface area contributed by atoms with Crippen LogP contribution < -0.4 is 5.32 Å². The molecule has 0 fully saturated rings. The topological polar surface area (TPSA) is 93.8 Å². The van der Waals surface area contributed by atoms with Gasteiger partial charge in [-0.3, -0.25) is 14.8 Å². The van der Waals surface area contributed by atoms with E-state index in [4.69, 9.17) is 4.52 Å². The molecule has 4 aromatic rings. The summed E-state index contributed by atoms with van der Waals surface area (Å²) in [5, 5.41) is 6.72. The molecule has 0 atom stereocenters. The normalized spacial score (nSPS) is 10.8. The Bertz CT molecular complexity index is 1220. The molecule has 30 heavy (non-hydrogen) atoms. The van der Waals surface area contributed by atoms with Gasteiger partial charge in [0.15, 0.2) is 11.5 Å². The number of nitrogens with zero attached hydrogens (tertiary/aromatic N) is 4. The van der Waals surface area contributed by atoms with Crippen LogP contribution in [0.15, 0.2) is 59.4 Å². The summed E-state index contributed by atoms with van der Waals surface area (Å²) in [6.07, 6.45) is 3.54. The molecule has 0 radical (unpaired) electrons. The second-order valence-corrected chi connectivity index (χ2v) is 7.12. The lowest BCUT2D eigenvalue weighted by Gasteiger charge is -2.09. The van der Waals surface area contributed by atoms with Crippen molar-refractivity contribution in [3.05, 3.63) is 83.1 Å². The minimum atomic E-state index is -0.316. The summed E-state index contributed by atoms with van der Waals surface area (Å²) in [5.41, 5.74) is 6.52. The molecule has 4 aromatic heterocycles. The Hall–Kier alpha value is -3.87. The van der Waals surface area contributed by atoms with Crippen LogP contribution in [0.4, 0.5) is 0 Å². The van der Waals surface area contributed by atoms with E-state index in [0.29, 0.717) is 18.0 Å². The van der Waals surface area contributed by atoms with Crippen molar-refractivity contribution in [3.8, 4) is 22.7 Å². The molecule has 0 aliphatic rings. The number of carbonyl (C=O) groups excluding carboxylic acids is 1. The average Bonchev–Trinajstić information content (AvgIpc) is 3.22. The molecule has 4 heterocycles. The zero-order valence-electron chi connectivity index (χ0n) is 17.0. The minimum Gasteiger partial charge on any atom is -0.354 e. The zero-order valence-corrected chi connectivity index (χ0v) is 17.0. The summed E-state index contributed by atoms with van der Waals surface area (Å²) < 4.78 is 5.28. The minimum absolute atomic E-state index is 0.210. The van der Waals surface area contributed by atoms with E-state index in [1.165, 1.54) is 0 Å². The molecule has 0 aromatic carbocycles. The second kappa shape index (κ2) is 8.24. The number of pyridine rings is 3. The molecule has 1 N–H and O–H groups in total. The number of hydrogen-bond acceptors (Lipinski definition) is 6. The molecule has 0 spiro atoms. The lowest BCUT2D eigenvalue weighted by Crippen LogP contribution is -2.23. The highest BCUT2D eigenvalue weighted by Crippen LogP contribution is 2.22. The van der Waals surface area contributed by atoms with Crippen molar-refractivity contribution >= 4 is 5.91 Å². The molecule has 0 aliphatic carbocycles. The number of amides is 1. The predicted octanol–water partition coefficient (Wildman–Crippen LogP) is 4.05. The van der Waals surface area contributed by atoms with Gasteiger partial charge in [0.25, 0.3) is 5.91 Å². The van der Waals surface area contributed by atoms with Gasteiger partial charge in [0.05, 0.1) is 5.69 Å². The van der Waals surface area contributed by atoms with E-state index in [1.807, 2.05) is 57.2 Å². The van der Waals surface area contributed by atoms with Crippen molar-refractivity contribution in [1.29, 1.82) is 0 Å². The van der Waals surface area contributed by atoms with Crippen LogP contribution >= 0.6 is 0 Å². The molecule has 4 rings (SSSR count). The highest BCUT2D eigenvalue weighted by molar-refractivity contribution is 5.92. The lowest BCUT2D eigenvalue weighted by molar-refractivity contribution is 0.0942. The van der Waals surface area contributed by atoms with Crippen LogP contribution in [0.25, 0.3) is 22.7 Å². The van der Waals surface area contributed by atoms with E-state index in [2.05, 4.69) is 25.4 Å². The van der Waals surface area contributed by atoms with Gasteiger partial charge >= 0.3 is 0 Å². The number of aromatic nitrogens is 4. The van der Waals surface area contributed by atoms with Gasteiger partial charge < -0.3 is 9.84 Å². The molecule has 1 amide bonds. The van der Waals surface area contributed by atoms with Gasteiger partial charge in [-0.25, -0.2) is 4.98 Å². The van der Waals surface area contributed by atoms with Crippen molar-refractivity contribution < 1.29 is 9.32 Å². The van der Waals surface area contributed by atoms with Crippen molar-refractivity contribution in [2.24, 2.45) is 0 Å². The van der Waals surface area contributed by atoms with Crippen molar-refractivity contribution in [3.63, 3.8) is 0 Å². The Kier molecular flexibility index (Phi) is 5.34. The highest BCUT2D eigenvalue weighted by Gasteiger charge is 2.15. The smallest absolute Gasteiger partial charge is 0.273 e. The SMILES string of the molecule is Cc1cc(-c2ncc(CNC(=O)c3cc(-c4cccc(C)n4)on3)cc2C)ccn1. The van der Waals surface area contributed by atoms with Gasteiger partial charge in [0, 0.05) is 42.0 Å². The molecule has 0 saturated heterocycles. The van der Waals surface area contributed by atoms with Crippen LogP contribution in [0, 0.1) is 20.8 Å². The third-order valence-electron chi connectivity index (χ3n) is 4.64. The average molecular weight is 399 g/mol. The van der Waals surface area contributed by atoms with Crippen LogP contribution in [-0.2, 0) is 6.54 Å². The molecule has 0 bridgehead atoms. The highest BCUT2D eigenvalue weighted by atomic mass is 16.5. The van der Waals surface area contributed by atoms with E-state index < -0.39 is 0 Å². The van der Waals surface area contributed by atoms with E-state index in [-0.39, 0.29) is 11.6 Å². The summed E-state index contributed by atoms with van der Waals surface area (Å²) in [6, 6.07) is 13.1. The fourth-order valence-electron chi connectivity index (χ4n) is 3.18. The maximum Gasteiger partial charge on any atom is 0.273 e. The molecule has 7 nitrogen and oxygen atoms in total. The van der Waals surface area contributed by atoms with Gasteiger partial charge in [-0.15, -0.1) is 0 Å². The number of rotatable bonds is 5. The Morgan fingerprint density at radius 2 is 1.90 bits per heavy atom. The first-order chi connectivity index (χ1) is 14.5. The third kappa shape index (κ3) is 4.25. The molecule has 0 saturated carbocycles. The maximum absolute atomic E-state index is 12.5. The Labute approximate surface area is 174 Å². The molecule has 0 unspecified atom stereocenters. The number of aryl methyl sites for hydroxylation is 3. The standard InChI is InChI=1S/C23H21N5O2/c1-14-9-17(12-25-22(14)18-7-8-24-16(3)10-18)13-26-23(29)20-11-21(30-28-20)19-6-4-5-15(2)27-19/h4-12H,13H2,1-3H3,(H,26,29). The number of nitrogens with one attached hydrogen (secondary N) is 1. The Morgan fingerprint density at radius 1 is 1.03 bits per heavy atom. The fraction of sp³-hybridized carbons (Fsp3) is 0.174.